The Morgan fingerprint density at radius 3 is 2.62 bits per heavy atom. The van der Waals surface area contributed by atoms with Gasteiger partial charge in [-0.3, -0.25) is 4.90 Å². The molecule has 3 heteroatoms. The molecule has 0 fully saturated rings. The van der Waals surface area contributed by atoms with E-state index in [-0.39, 0.29) is 0 Å². The fourth-order valence-corrected chi connectivity index (χ4v) is 1.90. The van der Waals surface area contributed by atoms with Crippen molar-refractivity contribution in [3.63, 3.8) is 0 Å². The first-order chi connectivity index (χ1) is 7.54. The van der Waals surface area contributed by atoms with Gasteiger partial charge < -0.3 is 5.11 Å². The summed E-state index contributed by atoms with van der Waals surface area (Å²) in [4.78, 5) is 2.32. The molecule has 0 saturated heterocycles. The molecule has 0 aliphatic carbocycles. The molecular formula is C13H20ClNO. The van der Waals surface area contributed by atoms with Gasteiger partial charge in [0, 0.05) is 23.2 Å². The molecule has 16 heavy (non-hydrogen) atoms. The summed E-state index contributed by atoms with van der Waals surface area (Å²) in [5, 5.41) is 10.4. The number of phenols is 1. The Balaban J connectivity index is 2.80. The van der Waals surface area contributed by atoms with Gasteiger partial charge in [0.25, 0.3) is 0 Å². The Morgan fingerprint density at radius 2 is 2.06 bits per heavy atom. The maximum absolute atomic E-state index is 9.75. The molecule has 0 aliphatic rings. The maximum Gasteiger partial charge on any atom is 0.120 e. The predicted octanol–water partition coefficient (Wildman–Crippen LogP) is 3.67. The molecule has 0 amide bonds. The van der Waals surface area contributed by atoms with Gasteiger partial charge >= 0.3 is 0 Å². The molecule has 0 saturated carbocycles. The van der Waals surface area contributed by atoms with Gasteiger partial charge in [-0.15, -0.1) is 0 Å². The third-order valence-corrected chi connectivity index (χ3v) is 2.89. The number of hydrogen-bond donors (Lipinski definition) is 1. The van der Waals surface area contributed by atoms with E-state index in [4.69, 9.17) is 11.6 Å². The van der Waals surface area contributed by atoms with Gasteiger partial charge in [-0.2, -0.15) is 0 Å². The van der Waals surface area contributed by atoms with Gasteiger partial charge in [-0.05, 0) is 45.0 Å². The van der Waals surface area contributed by atoms with Crippen LogP contribution in [0.5, 0.6) is 5.75 Å². The highest BCUT2D eigenvalue weighted by atomic mass is 35.5. The fraction of sp³-hybridized carbons (Fsp3) is 0.538. The Hall–Kier alpha value is -0.730. The summed E-state index contributed by atoms with van der Waals surface area (Å²) >= 11 is 5.93. The van der Waals surface area contributed by atoms with Crippen molar-refractivity contribution >= 4 is 11.6 Å². The van der Waals surface area contributed by atoms with Crippen molar-refractivity contribution in [2.75, 3.05) is 6.54 Å². The summed E-state index contributed by atoms with van der Waals surface area (Å²) in [5.41, 5.74) is 0.898. The second-order valence-electron chi connectivity index (χ2n) is 4.34. The van der Waals surface area contributed by atoms with E-state index in [0.29, 0.717) is 16.8 Å². The summed E-state index contributed by atoms with van der Waals surface area (Å²) in [6.07, 6.45) is 1.11. The van der Waals surface area contributed by atoms with Crippen LogP contribution in [0, 0.1) is 0 Å². The van der Waals surface area contributed by atoms with Crippen LogP contribution in [0.3, 0.4) is 0 Å². The standard InChI is InChI=1S/C13H20ClNO/c1-4-7-15(10(2)3)9-11-8-12(14)5-6-13(11)16/h5-6,8,10,16H,4,7,9H2,1-3H3. The molecule has 90 valence electrons. The molecule has 1 N–H and O–H groups in total. The largest absolute Gasteiger partial charge is 0.508 e. The quantitative estimate of drug-likeness (QED) is 0.851. The predicted molar refractivity (Wildman–Crippen MR) is 69.0 cm³/mol. The highest BCUT2D eigenvalue weighted by Gasteiger charge is 2.11. The molecule has 0 heterocycles. The average molecular weight is 242 g/mol. The third-order valence-electron chi connectivity index (χ3n) is 2.66. The van der Waals surface area contributed by atoms with Crippen LogP contribution in [0.2, 0.25) is 5.02 Å². The summed E-state index contributed by atoms with van der Waals surface area (Å²) in [7, 11) is 0. The lowest BCUT2D eigenvalue weighted by atomic mass is 10.1. The first kappa shape index (κ1) is 13.3. The lowest BCUT2D eigenvalue weighted by Gasteiger charge is -2.26. The molecule has 1 rings (SSSR count). The van der Waals surface area contributed by atoms with Gasteiger partial charge in [0.2, 0.25) is 0 Å². The van der Waals surface area contributed by atoms with Gasteiger partial charge in [0.15, 0.2) is 0 Å². The third kappa shape index (κ3) is 3.69. The minimum atomic E-state index is 0.325. The Bertz CT molecular complexity index is 339. The van der Waals surface area contributed by atoms with Crippen LogP contribution >= 0.6 is 11.6 Å². The number of nitrogens with zero attached hydrogens (tertiary/aromatic N) is 1. The molecule has 1 aromatic carbocycles. The minimum absolute atomic E-state index is 0.325. The minimum Gasteiger partial charge on any atom is -0.508 e. The van der Waals surface area contributed by atoms with E-state index in [2.05, 4.69) is 25.7 Å². The smallest absolute Gasteiger partial charge is 0.120 e. The first-order valence-corrected chi connectivity index (χ1v) is 6.13. The van der Waals surface area contributed by atoms with Crippen molar-refractivity contribution in [3.05, 3.63) is 28.8 Å². The van der Waals surface area contributed by atoms with E-state index in [1.165, 1.54) is 0 Å². The zero-order chi connectivity index (χ0) is 12.1. The van der Waals surface area contributed by atoms with E-state index in [9.17, 15) is 5.11 Å². The second kappa shape index (κ2) is 6.12. The molecule has 1 aromatic rings. The molecule has 0 atom stereocenters. The van der Waals surface area contributed by atoms with Crippen molar-refractivity contribution in [2.24, 2.45) is 0 Å². The lowest BCUT2D eigenvalue weighted by Crippen LogP contribution is -2.31. The van der Waals surface area contributed by atoms with Crippen LogP contribution in [-0.4, -0.2) is 22.6 Å². The van der Waals surface area contributed by atoms with E-state index in [1.54, 1.807) is 12.1 Å². The zero-order valence-corrected chi connectivity index (χ0v) is 11.0. The van der Waals surface area contributed by atoms with E-state index < -0.39 is 0 Å². The number of rotatable bonds is 5. The molecule has 0 aromatic heterocycles. The van der Waals surface area contributed by atoms with Crippen LogP contribution in [0.15, 0.2) is 18.2 Å². The Morgan fingerprint density at radius 1 is 1.38 bits per heavy atom. The van der Waals surface area contributed by atoms with Crippen molar-refractivity contribution in [1.29, 1.82) is 0 Å². The molecule has 2 nitrogen and oxygen atoms in total. The highest BCUT2D eigenvalue weighted by Crippen LogP contribution is 2.23. The van der Waals surface area contributed by atoms with Crippen LogP contribution < -0.4 is 0 Å². The van der Waals surface area contributed by atoms with Crippen molar-refractivity contribution in [1.82, 2.24) is 4.90 Å². The van der Waals surface area contributed by atoms with Crippen LogP contribution in [0.4, 0.5) is 0 Å². The number of phenolic OH excluding ortho intramolecular Hbond substituents is 1. The zero-order valence-electron chi connectivity index (χ0n) is 10.2. The van der Waals surface area contributed by atoms with E-state index in [1.807, 2.05) is 6.07 Å². The summed E-state index contributed by atoms with van der Waals surface area (Å²) in [6, 6.07) is 5.67. The summed E-state index contributed by atoms with van der Waals surface area (Å²) in [5.74, 6) is 0.325. The molecular weight excluding hydrogens is 222 g/mol. The summed E-state index contributed by atoms with van der Waals surface area (Å²) < 4.78 is 0. The average Bonchev–Trinajstić information content (AvgIpc) is 2.22. The van der Waals surface area contributed by atoms with Crippen LogP contribution in [0.1, 0.15) is 32.8 Å². The SMILES string of the molecule is CCCN(Cc1cc(Cl)ccc1O)C(C)C. The Labute approximate surface area is 103 Å². The van der Waals surface area contributed by atoms with Crippen molar-refractivity contribution in [2.45, 2.75) is 39.8 Å². The number of hydrogen-bond acceptors (Lipinski definition) is 2. The van der Waals surface area contributed by atoms with Gasteiger partial charge in [0.1, 0.15) is 5.75 Å². The molecule has 0 bridgehead atoms. The normalized spacial score (nSPS) is 11.4. The van der Waals surface area contributed by atoms with E-state index in [0.717, 1.165) is 25.1 Å². The monoisotopic (exact) mass is 241 g/mol. The molecule has 0 unspecified atom stereocenters. The lowest BCUT2D eigenvalue weighted by molar-refractivity contribution is 0.211. The van der Waals surface area contributed by atoms with Crippen LogP contribution in [0.25, 0.3) is 0 Å². The molecule has 0 aliphatic heterocycles. The second-order valence-corrected chi connectivity index (χ2v) is 4.77. The number of aromatic hydroxyl groups is 1. The van der Waals surface area contributed by atoms with Crippen molar-refractivity contribution < 1.29 is 5.11 Å². The Kier molecular flexibility index (Phi) is 5.10. The van der Waals surface area contributed by atoms with Crippen LogP contribution in [-0.2, 0) is 6.54 Å². The summed E-state index contributed by atoms with van der Waals surface area (Å²) in [6.45, 7) is 8.27. The van der Waals surface area contributed by atoms with Crippen molar-refractivity contribution in [3.8, 4) is 5.75 Å². The van der Waals surface area contributed by atoms with E-state index >= 15 is 0 Å². The number of halogens is 1. The first-order valence-electron chi connectivity index (χ1n) is 5.76. The maximum atomic E-state index is 9.75. The molecule has 0 radical (unpaired) electrons. The van der Waals surface area contributed by atoms with Gasteiger partial charge in [0.05, 0.1) is 0 Å². The number of benzene rings is 1. The molecule has 0 spiro atoms. The highest BCUT2D eigenvalue weighted by molar-refractivity contribution is 6.30. The fourth-order valence-electron chi connectivity index (χ4n) is 1.71. The van der Waals surface area contributed by atoms with Gasteiger partial charge in [-0.1, -0.05) is 18.5 Å². The topological polar surface area (TPSA) is 23.5 Å². The van der Waals surface area contributed by atoms with Gasteiger partial charge in [-0.25, -0.2) is 0 Å².